The number of esters is 1. The summed E-state index contributed by atoms with van der Waals surface area (Å²) in [5.41, 5.74) is 0. The maximum Gasteiger partial charge on any atom is 0.334 e. The fraction of sp³-hybridized carbons (Fsp3) is 0.727. The SMILES string of the molecule is CC[C@@H](O)C[C@H](O)[C@@H]1CC(OC)=CC(=O)O1. The molecule has 5 nitrogen and oxygen atoms in total. The number of aliphatic hydroxyl groups is 2. The number of cyclic esters (lactones) is 1. The zero-order valence-corrected chi connectivity index (χ0v) is 9.55. The molecule has 0 fully saturated rings. The Morgan fingerprint density at radius 2 is 2.31 bits per heavy atom. The Hall–Kier alpha value is -1.07. The molecule has 0 radical (unpaired) electrons. The topological polar surface area (TPSA) is 76.0 Å². The van der Waals surface area contributed by atoms with Crippen LogP contribution in [0.3, 0.4) is 0 Å². The first-order valence-electron chi connectivity index (χ1n) is 5.38. The predicted octanol–water partition coefficient (Wildman–Crippen LogP) is 0.354. The minimum atomic E-state index is -0.863. The van der Waals surface area contributed by atoms with Gasteiger partial charge >= 0.3 is 5.97 Å². The normalized spacial score (nSPS) is 24.4. The summed E-state index contributed by atoms with van der Waals surface area (Å²) in [7, 11) is 1.47. The number of aliphatic hydroxyl groups excluding tert-OH is 2. The molecular weight excluding hydrogens is 212 g/mol. The van der Waals surface area contributed by atoms with Crippen molar-refractivity contribution in [1.29, 1.82) is 0 Å². The summed E-state index contributed by atoms with van der Waals surface area (Å²) >= 11 is 0. The summed E-state index contributed by atoms with van der Waals surface area (Å²) in [6.45, 7) is 1.82. The fourth-order valence-corrected chi connectivity index (χ4v) is 1.57. The quantitative estimate of drug-likeness (QED) is 0.667. The predicted molar refractivity (Wildman–Crippen MR) is 56.5 cm³/mol. The molecule has 0 bridgehead atoms. The highest BCUT2D eigenvalue weighted by Crippen LogP contribution is 2.21. The molecule has 5 heteroatoms. The van der Waals surface area contributed by atoms with Crippen LogP contribution in [0.25, 0.3) is 0 Å². The molecule has 3 atom stereocenters. The van der Waals surface area contributed by atoms with Crippen LogP contribution in [0.1, 0.15) is 26.2 Å². The third-order valence-corrected chi connectivity index (χ3v) is 2.62. The molecule has 0 unspecified atom stereocenters. The van der Waals surface area contributed by atoms with Crippen molar-refractivity contribution in [3.63, 3.8) is 0 Å². The summed E-state index contributed by atoms with van der Waals surface area (Å²) < 4.78 is 9.93. The first-order chi connectivity index (χ1) is 7.56. The molecule has 0 aromatic rings. The van der Waals surface area contributed by atoms with Gasteiger partial charge < -0.3 is 19.7 Å². The summed E-state index contributed by atoms with van der Waals surface area (Å²) in [4.78, 5) is 11.2. The number of ether oxygens (including phenoxy) is 2. The molecule has 0 saturated heterocycles. The highest BCUT2D eigenvalue weighted by atomic mass is 16.6. The molecule has 16 heavy (non-hydrogen) atoms. The zero-order chi connectivity index (χ0) is 12.1. The first kappa shape index (κ1) is 13.0. The van der Waals surface area contributed by atoms with Gasteiger partial charge in [0.2, 0.25) is 0 Å². The van der Waals surface area contributed by atoms with Crippen LogP contribution in [0.5, 0.6) is 0 Å². The van der Waals surface area contributed by atoms with Crippen LogP contribution in [-0.4, -0.2) is 41.6 Å². The Balaban J connectivity index is 2.55. The Morgan fingerprint density at radius 3 is 2.88 bits per heavy atom. The molecular formula is C11H18O5. The summed E-state index contributed by atoms with van der Waals surface area (Å²) in [5.74, 6) is -0.0237. The summed E-state index contributed by atoms with van der Waals surface area (Å²) in [6, 6.07) is 0. The minimum Gasteiger partial charge on any atom is -0.501 e. The van der Waals surface area contributed by atoms with E-state index in [4.69, 9.17) is 9.47 Å². The van der Waals surface area contributed by atoms with Crippen LogP contribution in [0, 0.1) is 0 Å². The zero-order valence-electron chi connectivity index (χ0n) is 9.55. The van der Waals surface area contributed by atoms with Crippen molar-refractivity contribution in [2.45, 2.75) is 44.5 Å². The minimum absolute atomic E-state index is 0.200. The molecule has 0 amide bonds. The third-order valence-electron chi connectivity index (χ3n) is 2.62. The van der Waals surface area contributed by atoms with E-state index in [1.165, 1.54) is 13.2 Å². The van der Waals surface area contributed by atoms with Crippen molar-refractivity contribution >= 4 is 5.97 Å². The lowest BCUT2D eigenvalue weighted by molar-refractivity contribution is -0.153. The van der Waals surface area contributed by atoms with Crippen LogP contribution >= 0.6 is 0 Å². The average molecular weight is 230 g/mol. The van der Waals surface area contributed by atoms with Crippen molar-refractivity contribution in [3.8, 4) is 0 Å². The molecule has 92 valence electrons. The number of hydrogen-bond acceptors (Lipinski definition) is 5. The Kier molecular flexibility index (Phi) is 4.76. The summed E-state index contributed by atoms with van der Waals surface area (Å²) in [5, 5.41) is 19.2. The average Bonchev–Trinajstić information content (AvgIpc) is 2.27. The van der Waals surface area contributed by atoms with Crippen molar-refractivity contribution in [3.05, 3.63) is 11.8 Å². The molecule has 1 aliphatic heterocycles. The lowest BCUT2D eigenvalue weighted by Gasteiger charge is -2.27. The van der Waals surface area contributed by atoms with Crippen molar-refractivity contribution in [2.24, 2.45) is 0 Å². The van der Waals surface area contributed by atoms with E-state index in [1.807, 2.05) is 6.92 Å². The Morgan fingerprint density at radius 1 is 1.62 bits per heavy atom. The molecule has 0 spiro atoms. The van der Waals surface area contributed by atoms with E-state index in [1.54, 1.807) is 0 Å². The van der Waals surface area contributed by atoms with E-state index in [-0.39, 0.29) is 6.42 Å². The van der Waals surface area contributed by atoms with Gasteiger partial charge in [-0.3, -0.25) is 0 Å². The van der Waals surface area contributed by atoms with Gasteiger partial charge in [0.05, 0.1) is 25.4 Å². The monoisotopic (exact) mass is 230 g/mol. The van der Waals surface area contributed by atoms with Crippen LogP contribution < -0.4 is 0 Å². The summed E-state index contributed by atoms with van der Waals surface area (Å²) in [6.07, 6.45) is 0.298. The Bertz CT molecular complexity index is 274. The maximum atomic E-state index is 11.2. The van der Waals surface area contributed by atoms with Crippen LogP contribution in [0.4, 0.5) is 0 Å². The van der Waals surface area contributed by atoms with Gasteiger partial charge in [-0.15, -0.1) is 0 Å². The van der Waals surface area contributed by atoms with Gasteiger partial charge in [0.15, 0.2) is 0 Å². The number of rotatable bonds is 5. The fourth-order valence-electron chi connectivity index (χ4n) is 1.57. The van der Waals surface area contributed by atoms with Crippen LogP contribution in [0.15, 0.2) is 11.8 Å². The van der Waals surface area contributed by atoms with E-state index < -0.39 is 24.3 Å². The second-order valence-corrected chi connectivity index (χ2v) is 3.86. The van der Waals surface area contributed by atoms with Gasteiger partial charge in [0.25, 0.3) is 0 Å². The van der Waals surface area contributed by atoms with Gasteiger partial charge in [-0.2, -0.15) is 0 Å². The lowest BCUT2D eigenvalue weighted by atomic mass is 10.0. The molecule has 0 saturated carbocycles. The van der Waals surface area contributed by atoms with E-state index in [9.17, 15) is 15.0 Å². The first-order valence-corrected chi connectivity index (χ1v) is 5.38. The highest BCUT2D eigenvalue weighted by molar-refractivity contribution is 5.83. The van der Waals surface area contributed by atoms with Gasteiger partial charge in [0.1, 0.15) is 11.9 Å². The van der Waals surface area contributed by atoms with E-state index in [0.29, 0.717) is 18.6 Å². The smallest absolute Gasteiger partial charge is 0.334 e. The second-order valence-electron chi connectivity index (χ2n) is 3.86. The van der Waals surface area contributed by atoms with Gasteiger partial charge in [-0.05, 0) is 6.42 Å². The standard InChI is InChI=1S/C11H18O5/c1-3-7(12)4-9(13)10-5-8(15-2)6-11(14)16-10/h6-7,9-10,12-13H,3-5H2,1-2H3/t7-,9+,10+/m1/s1. The lowest BCUT2D eigenvalue weighted by Crippen LogP contribution is -2.36. The molecule has 0 aliphatic carbocycles. The van der Waals surface area contributed by atoms with Gasteiger partial charge in [-0.25, -0.2) is 4.79 Å². The van der Waals surface area contributed by atoms with Gasteiger partial charge in [-0.1, -0.05) is 6.92 Å². The van der Waals surface area contributed by atoms with E-state index in [0.717, 1.165) is 0 Å². The molecule has 0 aromatic carbocycles. The van der Waals surface area contributed by atoms with E-state index >= 15 is 0 Å². The molecule has 0 aromatic heterocycles. The second kappa shape index (κ2) is 5.86. The van der Waals surface area contributed by atoms with Crippen LogP contribution in [-0.2, 0) is 14.3 Å². The maximum absolute atomic E-state index is 11.2. The van der Waals surface area contributed by atoms with E-state index in [2.05, 4.69) is 0 Å². The third kappa shape index (κ3) is 3.50. The molecule has 1 aliphatic rings. The number of methoxy groups -OCH3 is 1. The van der Waals surface area contributed by atoms with Crippen molar-refractivity contribution in [1.82, 2.24) is 0 Å². The largest absolute Gasteiger partial charge is 0.501 e. The highest BCUT2D eigenvalue weighted by Gasteiger charge is 2.29. The van der Waals surface area contributed by atoms with Gasteiger partial charge in [0, 0.05) is 12.8 Å². The van der Waals surface area contributed by atoms with Crippen molar-refractivity contribution in [2.75, 3.05) is 7.11 Å². The number of hydrogen-bond donors (Lipinski definition) is 2. The number of carbonyl (C=O) groups is 1. The molecule has 2 N–H and O–H groups in total. The van der Waals surface area contributed by atoms with Crippen molar-refractivity contribution < 1.29 is 24.5 Å². The molecule has 1 rings (SSSR count). The molecule has 1 heterocycles. The number of carbonyl (C=O) groups excluding carboxylic acids is 1. The van der Waals surface area contributed by atoms with Crippen LogP contribution in [0.2, 0.25) is 0 Å². The Labute approximate surface area is 94.7 Å².